The van der Waals surface area contributed by atoms with Gasteiger partial charge in [0.15, 0.2) is 0 Å². The predicted molar refractivity (Wildman–Crippen MR) is 81.0 cm³/mol. The van der Waals surface area contributed by atoms with Gasteiger partial charge in [0.25, 0.3) is 11.5 Å². The largest absolute Gasteiger partial charge is 0.506 e. The highest BCUT2D eigenvalue weighted by molar-refractivity contribution is 6.32. The lowest BCUT2D eigenvalue weighted by atomic mass is 10.1. The summed E-state index contributed by atoms with van der Waals surface area (Å²) in [7, 11) is 1.61. The molecule has 0 bridgehead atoms. The molecule has 0 radical (unpaired) electrons. The molecule has 2 heterocycles. The number of carbonyl (C=O) groups is 1. The molecule has 1 aromatic heterocycles. The number of carbonyl (C=O) groups excluding carboxylic acids is 1. The van der Waals surface area contributed by atoms with E-state index in [2.05, 4.69) is 5.10 Å². The number of phenolic OH excluding ortho intramolecular Hbond substituents is 1. The number of hydrogen-bond donors (Lipinski definition) is 1. The van der Waals surface area contributed by atoms with Gasteiger partial charge in [-0.3, -0.25) is 9.59 Å². The molecule has 0 aliphatic carbocycles. The Balaban J connectivity index is 1.87. The Morgan fingerprint density at radius 3 is 2.86 bits per heavy atom. The number of aromatic nitrogens is 2. The average Bonchev–Trinajstić information content (AvgIpc) is 2.50. The molecule has 1 amide bonds. The molecule has 0 atom stereocenters. The quantitative estimate of drug-likeness (QED) is 0.860. The second kappa shape index (κ2) is 5.46. The van der Waals surface area contributed by atoms with Crippen LogP contribution in [0.2, 0.25) is 5.02 Å². The van der Waals surface area contributed by atoms with Gasteiger partial charge in [-0.05, 0) is 18.2 Å². The van der Waals surface area contributed by atoms with Crippen LogP contribution < -0.4 is 5.56 Å². The Hall–Kier alpha value is -2.34. The van der Waals surface area contributed by atoms with Crippen LogP contribution in [0.5, 0.6) is 5.75 Å². The summed E-state index contributed by atoms with van der Waals surface area (Å²) in [6.07, 6.45) is 0.598. The molecule has 0 unspecified atom stereocenters. The van der Waals surface area contributed by atoms with E-state index in [1.807, 2.05) is 0 Å². The second-order valence-electron chi connectivity index (χ2n) is 5.22. The highest BCUT2D eigenvalue weighted by Gasteiger charge is 2.23. The minimum atomic E-state index is -0.194. The molecule has 0 saturated heterocycles. The number of aromatic hydroxyl groups is 1. The number of benzene rings is 1. The van der Waals surface area contributed by atoms with E-state index in [-0.39, 0.29) is 22.2 Å². The summed E-state index contributed by atoms with van der Waals surface area (Å²) in [5, 5.41) is 13.8. The van der Waals surface area contributed by atoms with Gasteiger partial charge in [0.2, 0.25) is 0 Å². The van der Waals surface area contributed by atoms with Crippen molar-refractivity contribution < 1.29 is 9.90 Å². The van der Waals surface area contributed by atoms with Gasteiger partial charge in [0.1, 0.15) is 5.75 Å². The fraction of sp³-hybridized carbons (Fsp3) is 0.267. The van der Waals surface area contributed by atoms with Crippen LogP contribution in [0.15, 0.2) is 29.1 Å². The summed E-state index contributed by atoms with van der Waals surface area (Å²) in [5.74, 6) is -0.247. The van der Waals surface area contributed by atoms with Crippen molar-refractivity contribution in [3.8, 4) is 5.75 Å². The van der Waals surface area contributed by atoms with E-state index in [0.29, 0.717) is 25.1 Å². The second-order valence-corrected chi connectivity index (χ2v) is 5.63. The van der Waals surface area contributed by atoms with E-state index in [0.717, 1.165) is 11.3 Å². The van der Waals surface area contributed by atoms with Gasteiger partial charge in [0, 0.05) is 43.8 Å². The molecule has 1 aliphatic heterocycles. The number of halogens is 1. The number of amides is 1. The first kappa shape index (κ1) is 14.6. The van der Waals surface area contributed by atoms with E-state index in [1.165, 1.54) is 28.9 Å². The van der Waals surface area contributed by atoms with Crippen LogP contribution in [-0.2, 0) is 20.0 Å². The molecule has 7 heteroatoms. The molecule has 0 spiro atoms. The Bertz CT molecular complexity index is 816. The smallest absolute Gasteiger partial charge is 0.266 e. The zero-order chi connectivity index (χ0) is 15.9. The van der Waals surface area contributed by atoms with Gasteiger partial charge >= 0.3 is 0 Å². The third-order valence-corrected chi connectivity index (χ3v) is 4.02. The maximum atomic E-state index is 12.5. The summed E-state index contributed by atoms with van der Waals surface area (Å²) < 4.78 is 1.30. The van der Waals surface area contributed by atoms with Gasteiger partial charge < -0.3 is 10.0 Å². The molecule has 22 heavy (non-hydrogen) atoms. The van der Waals surface area contributed by atoms with Crippen molar-refractivity contribution in [2.45, 2.75) is 13.0 Å². The predicted octanol–water partition coefficient (Wildman–Crippen LogP) is 1.34. The summed E-state index contributed by atoms with van der Waals surface area (Å²) in [6, 6.07) is 5.88. The Morgan fingerprint density at radius 2 is 2.14 bits per heavy atom. The topological polar surface area (TPSA) is 75.4 Å². The van der Waals surface area contributed by atoms with Crippen molar-refractivity contribution in [3.05, 3.63) is 56.5 Å². The van der Waals surface area contributed by atoms with Gasteiger partial charge in [-0.25, -0.2) is 4.68 Å². The fourth-order valence-corrected chi connectivity index (χ4v) is 2.67. The first-order chi connectivity index (χ1) is 10.5. The minimum Gasteiger partial charge on any atom is -0.506 e. The molecule has 0 saturated carbocycles. The Kier molecular flexibility index (Phi) is 3.62. The van der Waals surface area contributed by atoms with Crippen LogP contribution in [0.4, 0.5) is 0 Å². The number of aryl methyl sites for hydroxylation is 1. The maximum Gasteiger partial charge on any atom is 0.266 e. The number of rotatable bonds is 1. The van der Waals surface area contributed by atoms with Crippen LogP contribution >= 0.6 is 11.6 Å². The van der Waals surface area contributed by atoms with E-state index in [1.54, 1.807) is 11.9 Å². The molecule has 6 nitrogen and oxygen atoms in total. The van der Waals surface area contributed by atoms with Crippen molar-refractivity contribution in [1.82, 2.24) is 14.7 Å². The Morgan fingerprint density at radius 1 is 1.36 bits per heavy atom. The lowest BCUT2D eigenvalue weighted by Crippen LogP contribution is -2.38. The zero-order valence-corrected chi connectivity index (χ0v) is 12.7. The number of fused-ring (bicyclic) bond motifs is 1. The van der Waals surface area contributed by atoms with Gasteiger partial charge in [-0.2, -0.15) is 5.10 Å². The number of phenols is 1. The first-order valence-electron chi connectivity index (χ1n) is 6.79. The summed E-state index contributed by atoms with van der Waals surface area (Å²) in [6.45, 7) is 0.866. The number of nitrogens with zero attached hydrogens (tertiary/aromatic N) is 3. The summed E-state index contributed by atoms with van der Waals surface area (Å²) >= 11 is 5.84. The molecule has 1 aliphatic rings. The third-order valence-electron chi connectivity index (χ3n) is 3.72. The molecular formula is C15H14ClN3O3. The molecule has 114 valence electrons. The first-order valence-corrected chi connectivity index (χ1v) is 7.17. The average molecular weight is 320 g/mol. The van der Waals surface area contributed by atoms with Crippen molar-refractivity contribution in [1.29, 1.82) is 0 Å². The normalized spacial score (nSPS) is 13.8. The maximum absolute atomic E-state index is 12.5. The van der Waals surface area contributed by atoms with Crippen LogP contribution in [0.25, 0.3) is 0 Å². The SMILES string of the molecule is Cn1nc2c(cc1=O)CN(C(=O)c1ccc(O)c(Cl)c1)CC2. The van der Waals surface area contributed by atoms with E-state index in [9.17, 15) is 14.7 Å². The van der Waals surface area contributed by atoms with Gasteiger partial charge in [-0.1, -0.05) is 11.6 Å². The van der Waals surface area contributed by atoms with Crippen molar-refractivity contribution in [2.24, 2.45) is 7.05 Å². The molecule has 3 rings (SSSR count). The standard InChI is InChI=1S/C15H14ClN3O3/c1-18-14(21)7-10-8-19(5-4-12(10)17-18)15(22)9-2-3-13(20)11(16)6-9/h2-3,6-7,20H,4-5,8H2,1H3. The van der Waals surface area contributed by atoms with E-state index in [4.69, 9.17) is 11.6 Å². The van der Waals surface area contributed by atoms with Crippen molar-refractivity contribution >= 4 is 17.5 Å². The lowest BCUT2D eigenvalue weighted by molar-refractivity contribution is 0.0732. The summed E-state index contributed by atoms with van der Waals surface area (Å²) in [4.78, 5) is 25.8. The van der Waals surface area contributed by atoms with E-state index < -0.39 is 0 Å². The van der Waals surface area contributed by atoms with Crippen LogP contribution in [0.1, 0.15) is 21.6 Å². The molecule has 1 aromatic carbocycles. The zero-order valence-electron chi connectivity index (χ0n) is 11.9. The number of hydrogen-bond acceptors (Lipinski definition) is 4. The fourth-order valence-electron chi connectivity index (χ4n) is 2.49. The minimum absolute atomic E-state index is 0.0603. The molecule has 2 aromatic rings. The third kappa shape index (κ3) is 2.57. The van der Waals surface area contributed by atoms with Crippen molar-refractivity contribution in [2.75, 3.05) is 6.54 Å². The van der Waals surface area contributed by atoms with Gasteiger partial charge in [-0.15, -0.1) is 0 Å². The van der Waals surface area contributed by atoms with Crippen LogP contribution in [0.3, 0.4) is 0 Å². The lowest BCUT2D eigenvalue weighted by Gasteiger charge is -2.28. The molecule has 0 fully saturated rings. The molecular weight excluding hydrogens is 306 g/mol. The van der Waals surface area contributed by atoms with Crippen LogP contribution in [0, 0.1) is 0 Å². The summed E-state index contributed by atoms with van der Waals surface area (Å²) in [5.41, 5.74) is 1.83. The highest BCUT2D eigenvalue weighted by atomic mass is 35.5. The van der Waals surface area contributed by atoms with Crippen LogP contribution in [-0.4, -0.2) is 32.2 Å². The monoisotopic (exact) mass is 319 g/mol. The highest BCUT2D eigenvalue weighted by Crippen LogP contribution is 2.25. The molecule has 1 N–H and O–H groups in total. The Labute approximate surface area is 131 Å². The van der Waals surface area contributed by atoms with Gasteiger partial charge in [0.05, 0.1) is 10.7 Å². The van der Waals surface area contributed by atoms with Crippen molar-refractivity contribution in [3.63, 3.8) is 0 Å². The van der Waals surface area contributed by atoms with E-state index >= 15 is 0 Å².